The number of anilines is 3. The molecule has 0 fully saturated rings. The first-order chi connectivity index (χ1) is 15.9. The number of hydrogen-bond acceptors (Lipinski definition) is 4. The number of carbonyl (C=O) groups is 2. The molecule has 0 spiro atoms. The number of rotatable bonds is 4. The second-order valence-electron chi connectivity index (χ2n) is 8.62. The molecule has 3 aromatic rings. The molecule has 1 unspecified atom stereocenters. The Morgan fingerprint density at radius 1 is 1.06 bits per heavy atom. The van der Waals surface area contributed by atoms with Gasteiger partial charge in [-0.3, -0.25) is 9.59 Å². The highest BCUT2D eigenvalue weighted by atomic mass is 16.2. The molecule has 4 rings (SSSR count). The predicted molar refractivity (Wildman–Crippen MR) is 135 cm³/mol. The fourth-order valence-electron chi connectivity index (χ4n) is 4.12. The van der Waals surface area contributed by atoms with Gasteiger partial charge in [0.2, 0.25) is 5.91 Å². The van der Waals surface area contributed by atoms with Gasteiger partial charge in [0.05, 0.1) is 17.9 Å². The summed E-state index contributed by atoms with van der Waals surface area (Å²) in [7, 11) is 0. The van der Waals surface area contributed by atoms with Gasteiger partial charge < -0.3 is 21.3 Å². The molecule has 1 aliphatic heterocycles. The quantitative estimate of drug-likeness (QED) is 0.546. The van der Waals surface area contributed by atoms with Crippen molar-refractivity contribution in [2.45, 2.75) is 33.2 Å². The first-order valence-corrected chi connectivity index (χ1v) is 11.3. The van der Waals surface area contributed by atoms with Crippen LogP contribution >= 0.6 is 0 Å². The fourth-order valence-corrected chi connectivity index (χ4v) is 4.12. The summed E-state index contributed by atoms with van der Waals surface area (Å²) in [6.07, 6.45) is 0.831. The summed E-state index contributed by atoms with van der Waals surface area (Å²) in [5.74, 6) is -0.406. The SMILES string of the molecule is Cc1ccc(-c2ccc(C(=O)N3CCC(C)Nc4ccccc43)cc2NC(=O)CN)cc1C. The van der Waals surface area contributed by atoms with Crippen molar-refractivity contribution in [2.75, 3.05) is 28.6 Å². The van der Waals surface area contributed by atoms with Crippen molar-refractivity contribution < 1.29 is 9.59 Å². The summed E-state index contributed by atoms with van der Waals surface area (Å²) in [6, 6.07) is 19.8. The third-order valence-corrected chi connectivity index (χ3v) is 6.17. The number of nitrogens with zero attached hydrogens (tertiary/aromatic N) is 1. The Morgan fingerprint density at radius 2 is 1.85 bits per heavy atom. The summed E-state index contributed by atoms with van der Waals surface area (Å²) in [5.41, 5.74) is 12.6. The van der Waals surface area contributed by atoms with Gasteiger partial charge in [-0.25, -0.2) is 0 Å². The Hall–Kier alpha value is -3.64. The van der Waals surface area contributed by atoms with Crippen LogP contribution in [0.3, 0.4) is 0 Å². The van der Waals surface area contributed by atoms with E-state index in [-0.39, 0.29) is 24.4 Å². The molecule has 0 saturated carbocycles. The van der Waals surface area contributed by atoms with Crippen LogP contribution in [0.5, 0.6) is 0 Å². The highest BCUT2D eigenvalue weighted by Gasteiger charge is 2.25. The zero-order valence-corrected chi connectivity index (χ0v) is 19.3. The molecule has 170 valence electrons. The lowest BCUT2D eigenvalue weighted by Crippen LogP contribution is -2.32. The van der Waals surface area contributed by atoms with Gasteiger partial charge >= 0.3 is 0 Å². The number of amides is 2. The van der Waals surface area contributed by atoms with E-state index in [9.17, 15) is 9.59 Å². The van der Waals surface area contributed by atoms with E-state index in [1.807, 2.05) is 47.4 Å². The van der Waals surface area contributed by atoms with Crippen LogP contribution in [0.2, 0.25) is 0 Å². The Labute approximate surface area is 194 Å². The maximum atomic E-state index is 13.6. The molecule has 6 heteroatoms. The summed E-state index contributed by atoms with van der Waals surface area (Å²) in [4.78, 5) is 27.6. The lowest BCUT2D eigenvalue weighted by atomic mass is 9.97. The van der Waals surface area contributed by atoms with E-state index in [1.165, 1.54) is 5.56 Å². The van der Waals surface area contributed by atoms with Crippen molar-refractivity contribution in [1.82, 2.24) is 0 Å². The number of nitrogens with one attached hydrogen (secondary N) is 2. The number of para-hydroxylation sites is 2. The average Bonchev–Trinajstić information content (AvgIpc) is 2.98. The van der Waals surface area contributed by atoms with E-state index in [2.05, 4.69) is 43.5 Å². The van der Waals surface area contributed by atoms with E-state index < -0.39 is 0 Å². The first-order valence-electron chi connectivity index (χ1n) is 11.3. The monoisotopic (exact) mass is 442 g/mol. The standard InChI is InChI=1S/C27H30N4O2/c1-17-8-9-20(14-18(17)2)22-11-10-21(15-24(22)30-26(32)16-28)27(33)31-13-12-19(3)29-23-6-4-5-7-25(23)31/h4-11,14-15,19,29H,12-13,16,28H2,1-3H3,(H,30,32). The maximum Gasteiger partial charge on any atom is 0.258 e. The van der Waals surface area contributed by atoms with Crippen LogP contribution in [-0.2, 0) is 4.79 Å². The molecule has 0 radical (unpaired) electrons. The van der Waals surface area contributed by atoms with Gasteiger partial charge in [-0.05, 0) is 68.1 Å². The number of hydrogen-bond donors (Lipinski definition) is 3. The van der Waals surface area contributed by atoms with E-state index in [0.29, 0.717) is 17.8 Å². The molecule has 0 aromatic heterocycles. The van der Waals surface area contributed by atoms with E-state index >= 15 is 0 Å². The third kappa shape index (κ3) is 4.76. The molecule has 4 N–H and O–H groups in total. The zero-order chi connectivity index (χ0) is 23.5. The maximum absolute atomic E-state index is 13.6. The van der Waals surface area contributed by atoms with Crippen molar-refractivity contribution in [2.24, 2.45) is 5.73 Å². The molecule has 6 nitrogen and oxygen atoms in total. The van der Waals surface area contributed by atoms with Crippen molar-refractivity contribution >= 4 is 28.9 Å². The second kappa shape index (κ2) is 9.46. The molecular formula is C27H30N4O2. The summed E-state index contributed by atoms with van der Waals surface area (Å²) in [6.45, 7) is 6.71. The van der Waals surface area contributed by atoms with Crippen molar-refractivity contribution in [1.29, 1.82) is 0 Å². The van der Waals surface area contributed by atoms with Gasteiger partial charge in [0, 0.05) is 29.4 Å². The Bertz CT molecular complexity index is 1200. The van der Waals surface area contributed by atoms with Crippen LogP contribution in [0.4, 0.5) is 17.1 Å². The minimum absolute atomic E-state index is 0.103. The molecule has 0 aliphatic carbocycles. The van der Waals surface area contributed by atoms with Gasteiger partial charge in [-0.15, -0.1) is 0 Å². The molecule has 3 aromatic carbocycles. The lowest BCUT2D eigenvalue weighted by molar-refractivity contribution is -0.114. The van der Waals surface area contributed by atoms with Gasteiger partial charge in [0.15, 0.2) is 0 Å². The number of aryl methyl sites for hydroxylation is 2. The minimum Gasteiger partial charge on any atom is -0.381 e. The highest BCUT2D eigenvalue weighted by molar-refractivity contribution is 6.09. The number of carbonyl (C=O) groups excluding carboxylic acids is 2. The average molecular weight is 443 g/mol. The molecule has 1 heterocycles. The van der Waals surface area contributed by atoms with Gasteiger partial charge in [-0.2, -0.15) is 0 Å². The summed E-state index contributed by atoms with van der Waals surface area (Å²) < 4.78 is 0. The molecule has 0 bridgehead atoms. The Kier molecular flexibility index (Phi) is 6.47. The molecular weight excluding hydrogens is 412 g/mol. The normalized spacial score (nSPS) is 15.3. The summed E-state index contributed by atoms with van der Waals surface area (Å²) in [5, 5.41) is 6.36. The molecule has 33 heavy (non-hydrogen) atoms. The van der Waals surface area contributed by atoms with Crippen LogP contribution in [0.1, 0.15) is 34.8 Å². The smallest absolute Gasteiger partial charge is 0.258 e. The topological polar surface area (TPSA) is 87.5 Å². The Morgan fingerprint density at radius 3 is 2.61 bits per heavy atom. The lowest BCUT2D eigenvalue weighted by Gasteiger charge is -2.23. The first kappa shape index (κ1) is 22.6. The van der Waals surface area contributed by atoms with Gasteiger partial charge in [-0.1, -0.05) is 36.4 Å². The van der Waals surface area contributed by atoms with E-state index in [4.69, 9.17) is 5.73 Å². The van der Waals surface area contributed by atoms with Crippen LogP contribution in [0.15, 0.2) is 60.7 Å². The molecule has 1 atom stereocenters. The third-order valence-electron chi connectivity index (χ3n) is 6.17. The molecule has 2 amide bonds. The number of benzene rings is 3. The van der Waals surface area contributed by atoms with Crippen LogP contribution in [0, 0.1) is 13.8 Å². The highest BCUT2D eigenvalue weighted by Crippen LogP contribution is 2.34. The second-order valence-corrected chi connectivity index (χ2v) is 8.62. The number of fused-ring (bicyclic) bond motifs is 1. The predicted octanol–water partition coefficient (Wildman–Crippen LogP) is 4.72. The fraction of sp³-hybridized carbons (Fsp3) is 0.259. The zero-order valence-electron chi connectivity index (χ0n) is 19.3. The van der Waals surface area contributed by atoms with E-state index in [1.54, 1.807) is 6.07 Å². The number of nitrogens with two attached hydrogens (primary N) is 1. The molecule has 1 aliphatic rings. The van der Waals surface area contributed by atoms with Gasteiger partial charge in [0.1, 0.15) is 0 Å². The minimum atomic E-state index is -0.303. The van der Waals surface area contributed by atoms with Crippen LogP contribution < -0.4 is 21.3 Å². The van der Waals surface area contributed by atoms with Crippen LogP contribution in [0.25, 0.3) is 11.1 Å². The van der Waals surface area contributed by atoms with Crippen molar-refractivity contribution in [3.05, 3.63) is 77.4 Å². The largest absolute Gasteiger partial charge is 0.381 e. The van der Waals surface area contributed by atoms with Crippen molar-refractivity contribution in [3.63, 3.8) is 0 Å². The van der Waals surface area contributed by atoms with Crippen LogP contribution in [-0.4, -0.2) is 30.9 Å². The Balaban J connectivity index is 1.75. The molecule has 0 saturated heterocycles. The van der Waals surface area contributed by atoms with E-state index in [0.717, 1.165) is 34.5 Å². The summed E-state index contributed by atoms with van der Waals surface area (Å²) >= 11 is 0. The van der Waals surface area contributed by atoms with Gasteiger partial charge in [0.25, 0.3) is 5.91 Å². The van der Waals surface area contributed by atoms with Crippen molar-refractivity contribution in [3.8, 4) is 11.1 Å².